The summed E-state index contributed by atoms with van der Waals surface area (Å²) in [4.78, 5) is 61.4. The van der Waals surface area contributed by atoms with Gasteiger partial charge in [0, 0.05) is 45.9 Å². The summed E-state index contributed by atoms with van der Waals surface area (Å²) in [6, 6.07) is 13.6. The van der Waals surface area contributed by atoms with Gasteiger partial charge in [-0.05, 0) is 55.5 Å². The number of nitrogens with one attached hydrogen (secondary N) is 1. The Labute approximate surface area is 303 Å². The summed E-state index contributed by atoms with van der Waals surface area (Å²) in [6.07, 6.45) is 1.37. The summed E-state index contributed by atoms with van der Waals surface area (Å²) in [7, 11) is 3.36. The van der Waals surface area contributed by atoms with Crippen molar-refractivity contribution in [1.29, 1.82) is 0 Å². The number of hydrogen-bond donors (Lipinski definition) is 2. The second-order valence-corrected chi connectivity index (χ2v) is 15.7. The largest absolute Gasteiger partial charge is 0.460 e. The standard InChI is InChI=1S/C39H47N3O10/c1-37(2,3)49-30(45)17-15-27(22-43)40-36(47)39-20-28-31-32(51-38(50-31)18-25-8-6-7-9-26(25)19-38)34(39)52-42(33(39)35(46)48-28)21-24-12-10-23(11-13-24)14-16-29(44)41(4)5/h6-14,16,27-28,31-34,43H,15,17-22H2,1-5H3,(H,40,47)/t27-,28-,31-,32-,33-,34+,39-/m0/s1. The lowest BCUT2D eigenvalue weighted by Crippen LogP contribution is -2.70. The summed E-state index contributed by atoms with van der Waals surface area (Å²) < 4.78 is 25.0. The molecule has 3 aliphatic heterocycles. The molecule has 2 aliphatic carbocycles. The third-order valence-corrected chi connectivity index (χ3v) is 10.6. The second-order valence-electron chi connectivity index (χ2n) is 15.7. The quantitative estimate of drug-likeness (QED) is 0.276. The maximum atomic E-state index is 14.7. The normalized spacial score (nSPS) is 29.0. The fraction of sp³-hybridized carbons (Fsp3) is 0.538. The van der Waals surface area contributed by atoms with E-state index in [-0.39, 0.29) is 31.7 Å². The zero-order valence-corrected chi connectivity index (χ0v) is 30.2. The Morgan fingerprint density at radius 3 is 2.37 bits per heavy atom. The van der Waals surface area contributed by atoms with Crippen molar-refractivity contribution in [3.63, 3.8) is 0 Å². The van der Waals surface area contributed by atoms with Crippen molar-refractivity contribution >= 4 is 29.8 Å². The van der Waals surface area contributed by atoms with Crippen molar-refractivity contribution in [2.75, 3.05) is 20.7 Å². The Morgan fingerprint density at radius 2 is 1.73 bits per heavy atom. The summed E-state index contributed by atoms with van der Waals surface area (Å²) >= 11 is 0. The molecule has 1 spiro atoms. The zero-order chi connectivity index (χ0) is 37.0. The van der Waals surface area contributed by atoms with Gasteiger partial charge < -0.3 is 34.3 Å². The van der Waals surface area contributed by atoms with Crippen LogP contribution < -0.4 is 5.32 Å². The van der Waals surface area contributed by atoms with Crippen LogP contribution in [0.15, 0.2) is 54.6 Å². The number of ether oxygens (including phenoxy) is 4. The number of fused-ring (bicyclic) bond motifs is 5. The van der Waals surface area contributed by atoms with Gasteiger partial charge in [-0.25, -0.2) is 0 Å². The molecule has 2 N–H and O–H groups in total. The molecule has 3 heterocycles. The molecule has 3 saturated heterocycles. The van der Waals surface area contributed by atoms with Crippen molar-refractivity contribution in [3.05, 3.63) is 76.9 Å². The molecule has 13 heteroatoms. The Bertz CT molecular complexity index is 1730. The van der Waals surface area contributed by atoms with Crippen molar-refractivity contribution in [1.82, 2.24) is 15.3 Å². The van der Waals surface area contributed by atoms with E-state index in [0.717, 1.165) is 22.3 Å². The fourth-order valence-corrected chi connectivity index (χ4v) is 8.20. The van der Waals surface area contributed by atoms with Gasteiger partial charge in [-0.3, -0.25) is 24.0 Å². The van der Waals surface area contributed by atoms with E-state index in [2.05, 4.69) is 5.32 Å². The van der Waals surface area contributed by atoms with Gasteiger partial charge in [0.25, 0.3) is 0 Å². The summed E-state index contributed by atoms with van der Waals surface area (Å²) in [6.45, 7) is 5.04. The van der Waals surface area contributed by atoms with E-state index in [4.69, 9.17) is 23.8 Å². The number of nitrogens with zero attached hydrogens (tertiary/aromatic N) is 2. The van der Waals surface area contributed by atoms with Crippen LogP contribution in [-0.4, -0.2) is 107 Å². The number of hydroxylamine groups is 2. The van der Waals surface area contributed by atoms with Crippen LogP contribution in [0.4, 0.5) is 0 Å². The van der Waals surface area contributed by atoms with Gasteiger partial charge in [0.15, 0.2) is 11.8 Å². The van der Waals surface area contributed by atoms with E-state index in [9.17, 15) is 24.3 Å². The maximum Gasteiger partial charge on any atom is 0.327 e. The minimum atomic E-state index is -1.45. The van der Waals surface area contributed by atoms with E-state index in [1.165, 1.54) is 16.0 Å². The fourth-order valence-electron chi connectivity index (χ4n) is 8.20. The van der Waals surface area contributed by atoms with Gasteiger partial charge in [-0.2, -0.15) is 5.06 Å². The molecule has 2 bridgehead atoms. The minimum absolute atomic E-state index is 0.0187. The van der Waals surface area contributed by atoms with E-state index in [1.54, 1.807) is 40.9 Å². The molecule has 13 nitrogen and oxygen atoms in total. The van der Waals surface area contributed by atoms with E-state index in [0.29, 0.717) is 12.8 Å². The molecule has 0 radical (unpaired) electrons. The molecule has 2 aromatic rings. The molecular formula is C39H47N3O10. The zero-order valence-electron chi connectivity index (χ0n) is 30.2. The Balaban J connectivity index is 1.17. The van der Waals surface area contributed by atoms with Crippen LogP contribution in [0, 0.1) is 5.41 Å². The predicted molar refractivity (Wildman–Crippen MR) is 186 cm³/mol. The number of aliphatic hydroxyl groups excluding tert-OH is 1. The molecule has 7 rings (SSSR count). The highest BCUT2D eigenvalue weighted by molar-refractivity contribution is 5.94. The topological polar surface area (TPSA) is 153 Å². The number of esters is 2. The lowest BCUT2D eigenvalue weighted by molar-refractivity contribution is -0.217. The monoisotopic (exact) mass is 717 g/mol. The first-order valence-electron chi connectivity index (χ1n) is 17.9. The van der Waals surface area contributed by atoms with Crippen LogP contribution in [0.1, 0.15) is 62.3 Å². The van der Waals surface area contributed by atoms with Gasteiger partial charge >= 0.3 is 11.9 Å². The van der Waals surface area contributed by atoms with Crippen LogP contribution in [0.5, 0.6) is 0 Å². The van der Waals surface area contributed by atoms with E-state index in [1.807, 2.05) is 48.5 Å². The van der Waals surface area contributed by atoms with Gasteiger partial charge in [0.05, 0.1) is 19.2 Å². The molecule has 52 heavy (non-hydrogen) atoms. The van der Waals surface area contributed by atoms with Crippen molar-refractivity contribution in [2.24, 2.45) is 5.41 Å². The van der Waals surface area contributed by atoms with Gasteiger partial charge in [-0.1, -0.05) is 48.5 Å². The highest BCUT2D eigenvalue weighted by Crippen LogP contribution is 2.58. The first kappa shape index (κ1) is 36.2. The lowest BCUT2D eigenvalue weighted by atomic mass is 9.62. The maximum absolute atomic E-state index is 14.7. The Kier molecular flexibility index (Phi) is 9.53. The van der Waals surface area contributed by atoms with Gasteiger partial charge in [0.2, 0.25) is 11.8 Å². The van der Waals surface area contributed by atoms with Crippen LogP contribution >= 0.6 is 0 Å². The molecule has 0 aromatic heterocycles. The molecule has 1 saturated carbocycles. The smallest absolute Gasteiger partial charge is 0.327 e. The molecule has 2 aromatic carbocycles. The number of rotatable bonds is 10. The van der Waals surface area contributed by atoms with Crippen molar-refractivity contribution in [2.45, 2.75) is 107 Å². The number of amides is 2. The predicted octanol–water partition coefficient (Wildman–Crippen LogP) is 2.47. The third-order valence-electron chi connectivity index (χ3n) is 10.6. The number of carbonyl (C=O) groups excluding carboxylic acids is 4. The van der Waals surface area contributed by atoms with Crippen LogP contribution in [0.25, 0.3) is 6.08 Å². The number of aliphatic hydroxyl groups is 1. The van der Waals surface area contributed by atoms with Crippen LogP contribution in [-0.2, 0) is 62.3 Å². The number of benzene rings is 2. The summed E-state index contributed by atoms with van der Waals surface area (Å²) in [5.41, 5.74) is 1.72. The second kappa shape index (κ2) is 13.7. The van der Waals surface area contributed by atoms with Crippen molar-refractivity contribution < 1.29 is 48.1 Å². The van der Waals surface area contributed by atoms with E-state index < -0.39 is 77.8 Å². The number of hydrogen-bond acceptors (Lipinski definition) is 11. The Hall–Kier alpha value is -4.14. The van der Waals surface area contributed by atoms with Crippen LogP contribution in [0.2, 0.25) is 0 Å². The molecule has 0 unspecified atom stereocenters. The molecular weight excluding hydrogens is 670 g/mol. The van der Waals surface area contributed by atoms with Crippen molar-refractivity contribution in [3.8, 4) is 0 Å². The molecule has 7 atom stereocenters. The lowest BCUT2D eigenvalue weighted by Gasteiger charge is -2.49. The van der Waals surface area contributed by atoms with Crippen LogP contribution in [0.3, 0.4) is 0 Å². The van der Waals surface area contributed by atoms with Gasteiger partial charge in [-0.15, -0.1) is 0 Å². The molecule has 2 amide bonds. The third kappa shape index (κ3) is 6.76. The minimum Gasteiger partial charge on any atom is -0.460 e. The SMILES string of the molecule is CN(C)C(=O)C=Cc1ccc(CN2O[C@@H]3[C@H]4OC5(Cc6ccccc6C5)O[C@H]4[C@@H]4C[C@]3(C(=O)N[C@H](CO)CCC(=O)OC(C)(C)C)[C@@H]2C(=O)O4)cc1. The highest BCUT2D eigenvalue weighted by Gasteiger charge is 2.76. The first-order chi connectivity index (χ1) is 24.7. The molecule has 5 aliphatic rings. The number of carbonyl (C=O) groups is 4. The first-order valence-corrected chi connectivity index (χ1v) is 17.9. The number of likely N-dealkylation sites (N-methyl/N-ethyl adjacent to an activating group) is 1. The summed E-state index contributed by atoms with van der Waals surface area (Å²) in [5.74, 6) is -2.67. The Morgan fingerprint density at radius 1 is 1.06 bits per heavy atom. The summed E-state index contributed by atoms with van der Waals surface area (Å²) in [5, 5.41) is 14.8. The highest BCUT2D eigenvalue weighted by atomic mass is 16.8. The molecule has 4 fully saturated rings. The van der Waals surface area contributed by atoms with Gasteiger partial charge in [0.1, 0.15) is 35.4 Å². The molecule has 278 valence electrons. The average molecular weight is 718 g/mol. The van der Waals surface area contributed by atoms with E-state index >= 15 is 0 Å². The average Bonchev–Trinajstić information content (AvgIpc) is 3.76.